The maximum Gasteiger partial charge on any atom is 0.236 e. The summed E-state index contributed by atoms with van der Waals surface area (Å²) in [5, 5.41) is 2.25. The first-order chi connectivity index (χ1) is 16.4. The quantitative estimate of drug-likeness (QED) is 0.543. The minimum absolute atomic E-state index is 0.0919. The van der Waals surface area contributed by atoms with E-state index in [0.29, 0.717) is 32.6 Å². The zero-order valence-electron chi connectivity index (χ0n) is 20.3. The van der Waals surface area contributed by atoms with Crippen LogP contribution in [0.1, 0.15) is 16.7 Å². The van der Waals surface area contributed by atoms with Crippen LogP contribution in [0.5, 0.6) is 5.75 Å². The Bertz CT molecular complexity index is 1150. The highest BCUT2D eigenvalue weighted by Gasteiger charge is 2.23. The van der Waals surface area contributed by atoms with E-state index in [1.165, 1.54) is 5.56 Å². The minimum Gasteiger partial charge on any atom is -0.497 e. The molecule has 34 heavy (non-hydrogen) atoms. The molecule has 3 aromatic carbocycles. The molecule has 0 aliphatic carbocycles. The van der Waals surface area contributed by atoms with Crippen molar-refractivity contribution in [3.05, 3.63) is 77.4 Å². The first-order valence-corrected chi connectivity index (χ1v) is 11.8. The largest absolute Gasteiger partial charge is 0.497 e. The number of ether oxygens (including phenoxy) is 1. The third-order valence-corrected chi connectivity index (χ3v) is 6.52. The fourth-order valence-electron chi connectivity index (χ4n) is 4.32. The minimum atomic E-state index is 0.0919. The highest BCUT2D eigenvalue weighted by Crippen LogP contribution is 2.22. The number of carbonyl (C=O) groups excluding carboxylic acids is 2. The predicted molar refractivity (Wildman–Crippen MR) is 135 cm³/mol. The molecule has 1 heterocycles. The van der Waals surface area contributed by atoms with Crippen LogP contribution in [0.2, 0.25) is 0 Å². The highest BCUT2D eigenvalue weighted by atomic mass is 16.5. The molecule has 3 aromatic rings. The van der Waals surface area contributed by atoms with E-state index in [-0.39, 0.29) is 11.8 Å². The van der Waals surface area contributed by atoms with E-state index < -0.39 is 0 Å². The van der Waals surface area contributed by atoms with Gasteiger partial charge in [0.1, 0.15) is 5.75 Å². The van der Waals surface area contributed by atoms with Crippen LogP contribution in [0.25, 0.3) is 10.8 Å². The van der Waals surface area contributed by atoms with Crippen molar-refractivity contribution in [2.75, 3.05) is 46.9 Å². The van der Waals surface area contributed by atoms with Gasteiger partial charge in [-0.15, -0.1) is 0 Å². The normalized spacial score (nSPS) is 14.3. The molecule has 0 unspecified atom stereocenters. The lowest BCUT2D eigenvalue weighted by Gasteiger charge is -2.35. The fraction of sp³-hybridized carbons (Fsp3) is 0.357. The number of fused-ring (bicyclic) bond motifs is 1. The van der Waals surface area contributed by atoms with Crippen LogP contribution in [0.3, 0.4) is 0 Å². The number of nitrogens with zero attached hydrogens (tertiary/aromatic N) is 3. The zero-order chi connectivity index (χ0) is 24.1. The van der Waals surface area contributed by atoms with Gasteiger partial charge in [0.15, 0.2) is 0 Å². The van der Waals surface area contributed by atoms with E-state index in [4.69, 9.17) is 4.74 Å². The van der Waals surface area contributed by atoms with Gasteiger partial charge in [-0.25, -0.2) is 0 Å². The lowest BCUT2D eigenvalue weighted by Crippen LogP contribution is -2.51. The molecule has 6 nitrogen and oxygen atoms in total. The number of carbonyl (C=O) groups is 2. The van der Waals surface area contributed by atoms with Crippen LogP contribution in [0.15, 0.2) is 60.7 Å². The number of aryl methyl sites for hydroxylation is 1. The van der Waals surface area contributed by atoms with Gasteiger partial charge in [-0.3, -0.25) is 14.5 Å². The molecular formula is C28H33N3O3. The molecule has 6 heteroatoms. The number of rotatable bonds is 7. The van der Waals surface area contributed by atoms with Crippen molar-refractivity contribution in [1.29, 1.82) is 0 Å². The summed E-state index contributed by atoms with van der Waals surface area (Å²) >= 11 is 0. The highest BCUT2D eigenvalue weighted by molar-refractivity contribution is 5.85. The van der Waals surface area contributed by atoms with Gasteiger partial charge in [0, 0.05) is 39.8 Å². The Morgan fingerprint density at radius 3 is 2.24 bits per heavy atom. The lowest BCUT2D eigenvalue weighted by atomic mass is 10.1. The van der Waals surface area contributed by atoms with Crippen molar-refractivity contribution in [3.8, 4) is 5.75 Å². The monoisotopic (exact) mass is 459 g/mol. The Hall–Kier alpha value is -3.38. The summed E-state index contributed by atoms with van der Waals surface area (Å²) in [6.45, 7) is 5.75. The molecular weight excluding hydrogens is 426 g/mol. The van der Waals surface area contributed by atoms with E-state index >= 15 is 0 Å². The molecule has 0 bridgehead atoms. The third-order valence-electron chi connectivity index (χ3n) is 6.52. The number of benzene rings is 3. The number of likely N-dealkylation sites (N-methyl/N-ethyl adjacent to an activating group) is 1. The Balaban J connectivity index is 1.25. The lowest BCUT2D eigenvalue weighted by molar-refractivity contribution is -0.134. The van der Waals surface area contributed by atoms with Crippen LogP contribution in [-0.2, 0) is 22.6 Å². The summed E-state index contributed by atoms with van der Waals surface area (Å²) in [4.78, 5) is 31.3. The van der Waals surface area contributed by atoms with Crippen molar-refractivity contribution in [2.24, 2.45) is 0 Å². The van der Waals surface area contributed by atoms with Gasteiger partial charge in [-0.1, -0.05) is 48.0 Å². The van der Waals surface area contributed by atoms with Gasteiger partial charge in [0.2, 0.25) is 11.8 Å². The molecule has 0 atom stereocenters. The molecule has 0 spiro atoms. The smallest absolute Gasteiger partial charge is 0.236 e. The van der Waals surface area contributed by atoms with Gasteiger partial charge in [0.25, 0.3) is 0 Å². The second kappa shape index (κ2) is 10.7. The maximum atomic E-state index is 12.8. The average Bonchev–Trinajstić information content (AvgIpc) is 2.85. The SMILES string of the molecule is COc1ccc2cc(CN(C)C(=O)CN3CCN(C(=O)Cc4ccc(C)cc4)CC3)ccc2c1. The summed E-state index contributed by atoms with van der Waals surface area (Å²) in [6, 6.07) is 20.4. The van der Waals surface area contributed by atoms with E-state index in [2.05, 4.69) is 23.1 Å². The summed E-state index contributed by atoms with van der Waals surface area (Å²) < 4.78 is 5.29. The van der Waals surface area contributed by atoms with Crippen LogP contribution in [0, 0.1) is 6.92 Å². The zero-order valence-corrected chi connectivity index (χ0v) is 20.3. The van der Waals surface area contributed by atoms with Crippen LogP contribution in [0.4, 0.5) is 0 Å². The Morgan fingerprint density at radius 2 is 1.53 bits per heavy atom. The third kappa shape index (κ3) is 5.94. The standard InChI is InChI=1S/C28H33N3O3/c1-21-4-6-22(7-5-21)17-27(32)31-14-12-30(13-15-31)20-28(33)29(2)19-23-8-9-25-18-26(34-3)11-10-24(25)16-23/h4-11,16,18H,12-15,17,19-20H2,1-3H3. The first kappa shape index (κ1) is 23.8. The molecule has 4 rings (SSSR count). The molecule has 0 radical (unpaired) electrons. The van der Waals surface area contributed by atoms with Gasteiger partial charge in [0.05, 0.1) is 20.1 Å². The van der Waals surface area contributed by atoms with E-state index in [9.17, 15) is 9.59 Å². The molecule has 1 saturated heterocycles. The topological polar surface area (TPSA) is 53.1 Å². The van der Waals surface area contributed by atoms with Crippen molar-refractivity contribution in [1.82, 2.24) is 14.7 Å². The Morgan fingerprint density at radius 1 is 0.882 bits per heavy atom. The molecule has 2 amide bonds. The van der Waals surface area contributed by atoms with E-state index in [0.717, 1.165) is 40.7 Å². The molecule has 178 valence electrons. The van der Waals surface area contributed by atoms with Crippen molar-refractivity contribution in [2.45, 2.75) is 19.9 Å². The summed E-state index contributed by atoms with van der Waals surface area (Å²) in [5.74, 6) is 1.08. The number of hydrogen-bond donors (Lipinski definition) is 0. The fourth-order valence-corrected chi connectivity index (χ4v) is 4.32. The van der Waals surface area contributed by atoms with Crippen molar-refractivity contribution < 1.29 is 14.3 Å². The summed E-state index contributed by atoms with van der Waals surface area (Å²) in [6.07, 6.45) is 0.431. The predicted octanol–water partition coefficient (Wildman–Crippen LogP) is 3.50. The van der Waals surface area contributed by atoms with Crippen LogP contribution in [-0.4, -0.2) is 73.4 Å². The van der Waals surface area contributed by atoms with Crippen molar-refractivity contribution in [3.63, 3.8) is 0 Å². The average molecular weight is 460 g/mol. The van der Waals surface area contributed by atoms with Gasteiger partial charge in [-0.05, 0) is 47.0 Å². The molecule has 0 aromatic heterocycles. The first-order valence-electron chi connectivity index (χ1n) is 11.8. The Kier molecular flexibility index (Phi) is 7.48. The molecule has 1 aliphatic heterocycles. The number of piperazine rings is 1. The maximum absolute atomic E-state index is 12.8. The number of methoxy groups -OCH3 is 1. The summed E-state index contributed by atoms with van der Waals surface area (Å²) in [5.41, 5.74) is 3.34. The molecule has 0 saturated carbocycles. The second-order valence-corrected chi connectivity index (χ2v) is 9.12. The Labute approximate surface area is 201 Å². The number of amides is 2. The van der Waals surface area contributed by atoms with Gasteiger partial charge >= 0.3 is 0 Å². The van der Waals surface area contributed by atoms with Gasteiger partial charge in [-0.2, -0.15) is 0 Å². The molecule has 1 aliphatic rings. The van der Waals surface area contributed by atoms with Crippen molar-refractivity contribution >= 4 is 22.6 Å². The summed E-state index contributed by atoms with van der Waals surface area (Å²) in [7, 11) is 3.52. The molecule has 1 fully saturated rings. The van der Waals surface area contributed by atoms with E-state index in [1.54, 1.807) is 12.0 Å². The van der Waals surface area contributed by atoms with Gasteiger partial charge < -0.3 is 14.5 Å². The van der Waals surface area contributed by atoms with Crippen LogP contribution < -0.4 is 4.74 Å². The molecule has 0 N–H and O–H groups in total. The van der Waals surface area contributed by atoms with E-state index in [1.807, 2.05) is 61.3 Å². The van der Waals surface area contributed by atoms with Crippen LogP contribution >= 0.6 is 0 Å². The number of hydrogen-bond acceptors (Lipinski definition) is 4. The second-order valence-electron chi connectivity index (χ2n) is 9.12.